The molecule has 0 spiro atoms. The van der Waals surface area contributed by atoms with E-state index in [2.05, 4.69) is 10.3 Å². The van der Waals surface area contributed by atoms with E-state index in [0.29, 0.717) is 22.7 Å². The molecule has 5 heteroatoms. The Morgan fingerprint density at radius 2 is 2.14 bits per heavy atom. The van der Waals surface area contributed by atoms with Crippen molar-refractivity contribution in [3.63, 3.8) is 0 Å². The molecule has 2 unspecified atom stereocenters. The van der Waals surface area contributed by atoms with E-state index in [0.717, 1.165) is 5.39 Å². The first-order valence-electron chi connectivity index (χ1n) is 6.94. The van der Waals surface area contributed by atoms with Crippen LogP contribution >= 0.6 is 11.6 Å². The lowest BCUT2D eigenvalue weighted by Crippen LogP contribution is -2.61. The molecule has 1 aromatic heterocycles. The van der Waals surface area contributed by atoms with Crippen molar-refractivity contribution in [2.45, 2.75) is 32.4 Å². The van der Waals surface area contributed by atoms with Crippen molar-refractivity contribution in [1.29, 1.82) is 0 Å². The minimum atomic E-state index is -0.379. The molecular formula is C16H17ClN2O2. The molecule has 4 nitrogen and oxygen atoms in total. The van der Waals surface area contributed by atoms with Crippen molar-refractivity contribution in [3.8, 4) is 0 Å². The van der Waals surface area contributed by atoms with Crippen LogP contribution in [-0.4, -0.2) is 28.1 Å². The Balaban J connectivity index is 1.86. The normalized spacial score (nSPS) is 23.6. The van der Waals surface area contributed by atoms with Gasteiger partial charge in [0.05, 0.1) is 16.6 Å². The number of nitrogens with one attached hydrogen (secondary N) is 1. The van der Waals surface area contributed by atoms with E-state index in [1.54, 1.807) is 6.07 Å². The van der Waals surface area contributed by atoms with E-state index >= 15 is 0 Å². The molecule has 1 amide bonds. The number of carbonyl (C=O) groups is 1. The summed E-state index contributed by atoms with van der Waals surface area (Å²) in [5.74, 6) is -0.257. The molecule has 3 rings (SSSR count). The van der Waals surface area contributed by atoms with Crippen LogP contribution in [0.15, 0.2) is 30.3 Å². The maximum Gasteiger partial charge on any atom is 0.270 e. The number of hydrogen-bond acceptors (Lipinski definition) is 3. The summed E-state index contributed by atoms with van der Waals surface area (Å²) in [7, 11) is 0. The molecule has 110 valence electrons. The molecule has 1 aromatic carbocycles. The fraction of sp³-hybridized carbons (Fsp3) is 0.375. The van der Waals surface area contributed by atoms with Crippen LogP contribution in [0.25, 0.3) is 10.9 Å². The van der Waals surface area contributed by atoms with Gasteiger partial charge in [0, 0.05) is 16.8 Å². The number of hydrogen-bond donors (Lipinski definition) is 2. The predicted octanol–water partition coefficient (Wildman–Crippen LogP) is 2.78. The number of aromatic nitrogens is 1. The van der Waals surface area contributed by atoms with Gasteiger partial charge in [-0.05, 0) is 18.6 Å². The van der Waals surface area contributed by atoms with E-state index < -0.39 is 0 Å². The lowest BCUT2D eigenvalue weighted by Gasteiger charge is -2.49. The van der Waals surface area contributed by atoms with E-state index in [-0.39, 0.29) is 23.5 Å². The van der Waals surface area contributed by atoms with Crippen LogP contribution in [0.3, 0.4) is 0 Å². The SMILES string of the molecule is CC1(C)C(O)CC1NC(=O)c1cc(Cl)c2ccccc2n1. The molecule has 1 heterocycles. The number of aliphatic hydroxyl groups is 1. The highest BCUT2D eigenvalue weighted by atomic mass is 35.5. The second kappa shape index (κ2) is 4.97. The van der Waals surface area contributed by atoms with Crippen molar-refractivity contribution < 1.29 is 9.90 Å². The number of pyridine rings is 1. The number of nitrogens with zero attached hydrogens (tertiary/aromatic N) is 1. The monoisotopic (exact) mass is 304 g/mol. The molecule has 21 heavy (non-hydrogen) atoms. The van der Waals surface area contributed by atoms with Crippen LogP contribution in [0.2, 0.25) is 5.02 Å². The zero-order chi connectivity index (χ0) is 15.2. The molecule has 2 atom stereocenters. The largest absolute Gasteiger partial charge is 0.392 e. The standard InChI is InChI=1S/C16H17ClN2O2/c1-16(2)13(8-14(16)20)19-15(21)12-7-10(17)9-5-3-4-6-11(9)18-12/h3-7,13-14,20H,8H2,1-2H3,(H,19,21). The second-order valence-corrected chi connectivity index (χ2v) is 6.51. The fourth-order valence-corrected chi connectivity index (χ4v) is 2.89. The first-order chi connectivity index (χ1) is 9.89. The summed E-state index contributed by atoms with van der Waals surface area (Å²) in [6.07, 6.45) is 0.191. The molecular weight excluding hydrogens is 288 g/mol. The summed E-state index contributed by atoms with van der Waals surface area (Å²) < 4.78 is 0. The number of halogens is 1. The number of amides is 1. The van der Waals surface area contributed by atoms with Crippen LogP contribution < -0.4 is 5.32 Å². The van der Waals surface area contributed by atoms with E-state index in [1.165, 1.54) is 0 Å². The van der Waals surface area contributed by atoms with Gasteiger partial charge in [0.2, 0.25) is 0 Å². The molecule has 0 bridgehead atoms. The number of benzene rings is 1. The average molecular weight is 305 g/mol. The zero-order valence-electron chi connectivity index (χ0n) is 11.9. The number of para-hydroxylation sites is 1. The molecule has 2 aromatic rings. The van der Waals surface area contributed by atoms with Gasteiger partial charge in [-0.3, -0.25) is 4.79 Å². The Kier molecular flexibility index (Phi) is 3.38. The molecule has 1 saturated carbocycles. The zero-order valence-corrected chi connectivity index (χ0v) is 12.7. The van der Waals surface area contributed by atoms with Gasteiger partial charge < -0.3 is 10.4 Å². The molecule has 1 fully saturated rings. The highest BCUT2D eigenvalue weighted by molar-refractivity contribution is 6.35. The molecule has 0 saturated heterocycles. The van der Waals surface area contributed by atoms with Crippen LogP contribution in [-0.2, 0) is 0 Å². The van der Waals surface area contributed by atoms with Gasteiger partial charge in [-0.25, -0.2) is 4.98 Å². The Labute approximate surface area is 128 Å². The minimum Gasteiger partial charge on any atom is -0.392 e. The van der Waals surface area contributed by atoms with Gasteiger partial charge in [-0.1, -0.05) is 43.6 Å². The van der Waals surface area contributed by atoms with Crippen molar-refractivity contribution in [3.05, 3.63) is 41.0 Å². The van der Waals surface area contributed by atoms with Crippen molar-refractivity contribution >= 4 is 28.4 Å². The molecule has 0 aliphatic heterocycles. The summed E-state index contributed by atoms with van der Waals surface area (Å²) in [5, 5.41) is 14.0. The topological polar surface area (TPSA) is 62.2 Å². The Hall–Kier alpha value is -1.65. The maximum absolute atomic E-state index is 12.3. The van der Waals surface area contributed by atoms with E-state index in [9.17, 15) is 9.90 Å². The van der Waals surface area contributed by atoms with Gasteiger partial charge in [-0.2, -0.15) is 0 Å². The van der Waals surface area contributed by atoms with Crippen LogP contribution in [0, 0.1) is 5.41 Å². The summed E-state index contributed by atoms with van der Waals surface area (Å²) in [5.41, 5.74) is 0.690. The second-order valence-electron chi connectivity index (χ2n) is 6.11. The van der Waals surface area contributed by atoms with Crippen LogP contribution in [0.5, 0.6) is 0 Å². The van der Waals surface area contributed by atoms with Gasteiger partial charge in [0.1, 0.15) is 5.69 Å². The first-order valence-corrected chi connectivity index (χ1v) is 7.31. The summed E-state index contributed by atoms with van der Waals surface area (Å²) in [6.45, 7) is 3.87. The third kappa shape index (κ3) is 2.39. The highest BCUT2D eigenvalue weighted by Crippen LogP contribution is 2.40. The third-order valence-electron chi connectivity index (χ3n) is 4.42. The van der Waals surface area contributed by atoms with E-state index in [4.69, 9.17) is 11.6 Å². The Morgan fingerprint density at radius 1 is 1.43 bits per heavy atom. The molecule has 0 radical (unpaired) electrons. The Morgan fingerprint density at radius 3 is 2.81 bits per heavy atom. The molecule has 1 aliphatic rings. The maximum atomic E-state index is 12.3. The summed E-state index contributed by atoms with van der Waals surface area (Å²) >= 11 is 6.21. The quantitative estimate of drug-likeness (QED) is 0.897. The van der Waals surface area contributed by atoms with E-state index in [1.807, 2.05) is 38.1 Å². The van der Waals surface area contributed by atoms with Gasteiger partial charge in [0.15, 0.2) is 0 Å². The average Bonchev–Trinajstić information content (AvgIpc) is 2.46. The Bertz CT molecular complexity index is 714. The van der Waals surface area contributed by atoms with Gasteiger partial charge in [0.25, 0.3) is 5.91 Å². The smallest absolute Gasteiger partial charge is 0.270 e. The van der Waals surface area contributed by atoms with Gasteiger partial charge in [-0.15, -0.1) is 0 Å². The molecule has 2 N–H and O–H groups in total. The highest BCUT2D eigenvalue weighted by Gasteiger charge is 2.48. The number of fused-ring (bicyclic) bond motifs is 1. The summed E-state index contributed by atoms with van der Waals surface area (Å²) in [4.78, 5) is 16.7. The van der Waals surface area contributed by atoms with Crippen LogP contribution in [0.1, 0.15) is 30.8 Å². The first kappa shape index (κ1) is 14.3. The number of carbonyl (C=O) groups excluding carboxylic acids is 1. The predicted molar refractivity (Wildman–Crippen MR) is 82.4 cm³/mol. The van der Waals surface area contributed by atoms with Crippen molar-refractivity contribution in [1.82, 2.24) is 10.3 Å². The minimum absolute atomic E-state index is 0.0490. The van der Waals surface area contributed by atoms with Crippen molar-refractivity contribution in [2.24, 2.45) is 5.41 Å². The molecule has 1 aliphatic carbocycles. The lowest BCUT2D eigenvalue weighted by molar-refractivity contribution is -0.0690. The van der Waals surface area contributed by atoms with Gasteiger partial charge >= 0.3 is 0 Å². The lowest BCUT2D eigenvalue weighted by atomic mass is 9.64. The summed E-state index contributed by atoms with van der Waals surface area (Å²) in [6, 6.07) is 8.98. The van der Waals surface area contributed by atoms with Crippen LogP contribution in [0.4, 0.5) is 0 Å². The fourth-order valence-electron chi connectivity index (χ4n) is 2.63. The number of rotatable bonds is 2. The van der Waals surface area contributed by atoms with Crippen molar-refractivity contribution in [2.75, 3.05) is 0 Å². The number of aliphatic hydroxyl groups excluding tert-OH is 1. The third-order valence-corrected chi connectivity index (χ3v) is 4.73.